The van der Waals surface area contributed by atoms with Gasteiger partial charge in [0.15, 0.2) is 0 Å². The average Bonchev–Trinajstić information content (AvgIpc) is 2.69. The smallest absolute Gasteiger partial charge is 0.129 e. The van der Waals surface area contributed by atoms with Gasteiger partial charge >= 0.3 is 0 Å². The van der Waals surface area contributed by atoms with Gasteiger partial charge in [0.1, 0.15) is 11.6 Å². The number of aryl methyl sites for hydroxylation is 1. The summed E-state index contributed by atoms with van der Waals surface area (Å²) < 4.78 is 19.4. The Kier molecular flexibility index (Phi) is 3.56. The Labute approximate surface area is 112 Å². The summed E-state index contributed by atoms with van der Waals surface area (Å²) >= 11 is 9.09. The molecule has 0 aliphatic heterocycles. The van der Waals surface area contributed by atoms with Crippen LogP contribution in [0.4, 0.5) is 4.39 Å². The van der Waals surface area contributed by atoms with Crippen LogP contribution in [0.1, 0.15) is 22.9 Å². The van der Waals surface area contributed by atoms with Crippen LogP contribution in [0.2, 0.25) is 5.02 Å². The maximum atomic E-state index is 13.8. The molecule has 0 saturated carbocycles. The highest BCUT2D eigenvalue weighted by atomic mass is 79.9. The van der Waals surface area contributed by atoms with Crippen LogP contribution >= 0.6 is 27.5 Å². The van der Waals surface area contributed by atoms with Gasteiger partial charge in [-0.15, -0.1) is 0 Å². The predicted molar refractivity (Wildman–Crippen MR) is 68.6 cm³/mol. The molecule has 17 heavy (non-hydrogen) atoms. The molecule has 1 unspecified atom stereocenters. The Bertz CT molecular complexity index is 555. The molecule has 90 valence electrons. The van der Waals surface area contributed by atoms with E-state index in [0.29, 0.717) is 15.1 Å². The van der Waals surface area contributed by atoms with Gasteiger partial charge in [0, 0.05) is 15.6 Å². The van der Waals surface area contributed by atoms with Crippen molar-refractivity contribution in [2.45, 2.75) is 13.0 Å². The summed E-state index contributed by atoms with van der Waals surface area (Å²) in [6.07, 6.45) is 1.52. The topological polar surface area (TPSA) is 39.2 Å². The number of furan rings is 1. The molecular weight excluding hydrogens is 308 g/mol. The normalized spacial score (nSPS) is 12.8. The van der Waals surface area contributed by atoms with E-state index in [0.717, 1.165) is 11.3 Å². The second kappa shape index (κ2) is 4.80. The van der Waals surface area contributed by atoms with E-state index in [-0.39, 0.29) is 0 Å². The third-order valence-electron chi connectivity index (χ3n) is 2.48. The molecule has 1 aromatic heterocycles. The van der Waals surface area contributed by atoms with E-state index < -0.39 is 11.9 Å². The van der Waals surface area contributed by atoms with Gasteiger partial charge in [-0.2, -0.15) is 0 Å². The SMILES string of the molecule is Cc1cc(C(N)c2cc(Cl)c(Br)cc2F)co1. The number of hydrogen-bond acceptors (Lipinski definition) is 2. The highest BCUT2D eigenvalue weighted by Crippen LogP contribution is 2.30. The van der Waals surface area contributed by atoms with Gasteiger partial charge in [0.2, 0.25) is 0 Å². The molecule has 2 N–H and O–H groups in total. The van der Waals surface area contributed by atoms with E-state index in [1.54, 1.807) is 13.0 Å². The number of halogens is 3. The summed E-state index contributed by atoms with van der Waals surface area (Å²) in [5.74, 6) is 0.340. The molecule has 0 fully saturated rings. The van der Waals surface area contributed by atoms with Crippen molar-refractivity contribution in [2.75, 3.05) is 0 Å². The summed E-state index contributed by atoms with van der Waals surface area (Å²) in [5.41, 5.74) is 7.04. The minimum Gasteiger partial charge on any atom is -0.469 e. The second-order valence-corrected chi connectivity index (χ2v) is 5.02. The Morgan fingerprint density at radius 1 is 1.41 bits per heavy atom. The molecule has 0 aliphatic rings. The van der Waals surface area contributed by atoms with Gasteiger partial charge in [-0.05, 0) is 41.1 Å². The van der Waals surface area contributed by atoms with Crippen molar-refractivity contribution in [3.05, 3.63) is 56.7 Å². The molecule has 0 amide bonds. The van der Waals surface area contributed by atoms with Crippen LogP contribution in [0.5, 0.6) is 0 Å². The van der Waals surface area contributed by atoms with Crippen LogP contribution in [-0.2, 0) is 0 Å². The maximum Gasteiger partial charge on any atom is 0.129 e. The predicted octanol–water partition coefficient (Wildman–Crippen LogP) is 4.19. The third kappa shape index (κ3) is 2.54. The van der Waals surface area contributed by atoms with Gasteiger partial charge in [-0.1, -0.05) is 11.6 Å². The van der Waals surface area contributed by atoms with Crippen LogP contribution in [-0.4, -0.2) is 0 Å². The Hall–Kier alpha value is -0.840. The lowest BCUT2D eigenvalue weighted by atomic mass is 10.0. The van der Waals surface area contributed by atoms with Crippen LogP contribution in [0.3, 0.4) is 0 Å². The fourth-order valence-electron chi connectivity index (χ4n) is 1.58. The maximum absolute atomic E-state index is 13.8. The monoisotopic (exact) mass is 317 g/mol. The molecule has 0 radical (unpaired) electrons. The molecule has 0 bridgehead atoms. The Balaban J connectivity index is 2.43. The minimum absolute atomic E-state index is 0.346. The lowest BCUT2D eigenvalue weighted by Gasteiger charge is -2.12. The first-order chi connectivity index (χ1) is 7.99. The van der Waals surface area contributed by atoms with Crippen molar-refractivity contribution in [1.82, 2.24) is 0 Å². The molecule has 5 heteroatoms. The number of nitrogens with two attached hydrogens (primary N) is 1. The largest absolute Gasteiger partial charge is 0.469 e. The van der Waals surface area contributed by atoms with E-state index in [9.17, 15) is 4.39 Å². The van der Waals surface area contributed by atoms with E-state index in [2.05, 4.69) is 15.9 Å². The summed E-state index contributed by atoms with van der Waals surface area (Å²) in [6.45, 7) is 1.81. The molecule has 1 aromatic carbocycles. The van der Waals surface area contributed by atoms with Crippen molar-refractivity contribution >= 4 is 27.5 Å². The van der Waals surface area contributed by atoms with E-state index in [4.69, 9.17) is 21.8 Å². The zero-order valence-electron chi connectivity index (χ0n) is 9.01. The lowest BCUT2D eigenvalue weighted by molar-refractivity contribution is 0.529. The first kappa shape index (κ1) is 12.6. The first-order valence-corrected chi connectivity index (χ1v) is 6.11. The fraction of sp³-hybridized carbons (Fsp3) is 0.167. The molecule has 0 saturated heterocycles. The van der Waals surface area contributed by atoms with Crippen LogP contribution in [0.15, 0.2) is 33.4 Å². The highest BCUT2D eigenvalue weighted by molar-refractivity contribution is 9.10. The van der Waals surface area contributed by atoms with Gasteiger partial charge in [-0.25, -0.2) is 4.39 Å². The first-order valence-electron chi connectivity index (χ1n) is 4.94. The minimum atomic E-state index is -0.585. The van der Waals surface area contributed by atoms with Gasteiger partial charge in [-0.3, -0.25) is 0 Å². The van der Waals surface area contributed by atoms with Crippen molar-refractivity contribution in [3.63, 3.8) is 0 Å². The average molecular weight is 319 g/mol. The molecule has 0 aliphatic carbocycles. The third-order valence-corrected chi connectivity index (χ3v) is 3.68. The van der Waals surface area contributed by atoms with Crippen molar-refractivity contribution < 1.29 is 8.81 Å². The fourth-order valence-corrected chi connectivity index (χ4v) is 2.07. The van der Waals surface area contributed by atoms with Gasteiger partial charge in [0.25, 0.3) is 0 Å². The molecule has 0 spiro atoms. The van der Waals surface area contributed by atoms with Crippen molar-refractivity contribution in [2.24, 2.45) is 5.73 Å². The summed E-state index contributed by atoms with van der Waals surface area (Å²) in [7, 11) is 0. The van der Waals surface area contributed by atoms with Gasteiger partial charge < -0.3 is 10.2 Å². The highest BCUT2D eigenvalue weighted by Gasteiger charge is 2.17. The standard InChI is InChI=1S/C12H10BrClFNO/c1-6-2-7(5-17-6)12(16)8-3-10(14)9(13)4-11(8)15/h2-5,12H,16H2,1H3. The van der Waals surface area contributed by atoms with Crippen LogP contribution in [0.25, 0.3) is 0 Å². The molecule has 1 heterocycles. The number of rotatable bonds is 2. The number of benzene rings is 1. The summed E-state index contributed by atoms with van der Waals surface area (Å²) in [6, 6.07) is 4.02. The van der Waals surface area contributed by atoms with E-state index in [1.807, 2.05) is 0 Å². The molecule has 2 rings (SSSR count). The second-order valence-electron chi connectivity index (χ2n) is 3.76. The summed E-state index contributed by atoms with van der Waals surface area (Å²) in [5, 5.41) is 0.428. The zero-order chi connectivity index (χ0) is 12.6. The zero-order valence-corrected chi connectivity index (χ0v) is 11.3. The van der Waals surface area contributed by atoms with E-state index >= 15 is 0 Å². The molecule has 2 nitrogen and oxygen atoms in total. The van der Waals surface area contributed by atoms with E-state index in [1.165, 1.54) is 18.4 Å². The molecular formula is C12H10BrClFNO. The molecule has 1 atom stereocenters. The Morgan fingerprint density at radius 2 is 2.12 bits per heavy atom. The van der Waals surface area contributed by atoms with Crippen LogP contribution in [0, 0.1) is 12.7 Å². The summed E-state index contributed by atoms with van der Waals surface area (Å²) in [4.78, 5) is 0. The number of hydrogen-bond donors (Lipinski definition) is 1. The quantitative estimate of drug-likeness (QED) is 0.843. The van der Waals surface area contributed by atoms with Crippen molar-refractivity contribution in [3.8, 4) is 0 Å². The Morgan fingerprint density at radius 3 is 2.71 bits per heavy atom. The van der Waals surface area contributed by atoms with Crippen molar-refractivity contribution in [1.29, 1.82) is 0 Å². The lowest BCUT2D eigenvalue weighted by Crippen LogP contribution is -2.13. The van der Waals surface area contributed by atoms with Crippen LogP contribution < -0.4 is 5.73 Å². The van der Waals surface area contributed by atoms with Gasteiger partial charge in [0.05, 0.1) is 17.3 Å². The molecule has 2 aromatic rings.